The van der Waals surface area contributed by atoms with Crippen LogP contribution in [0.3, 0.4) is 0 Å². The highest BCUT2D eigenvalue weighted by Crippen LogP contribution is 2.19. The molecule has 0 spiro atoms. The van der Waals surface area contributed by atoms with Crippen LogP contribution < -0.4 is 5.56 Å². The van der Waals surface area contributed by atoms with Gasteiger partial charge in [0.05, 0.1) is 12.9 Å². The predicted octanol–water partition coefficient (Wildman–Crippen LogP) is 0.752. The number of likely N-dealkylation sites (tertiary alicyclic amines) is 1. The first kappa shape index (κ1) is 18.9. The second-order valence-electron chi connectivity index (χ2n) is 6.82. The molecular weight excluding hydrogens is 346 g/mol. The molecule has 3 heterocycles. The Bertz CT molecular complexity index is 674. The number of morpholine rings is 1. The zero-order valence-electron chi connectivity index (χ0n) is 14.6. The minimum atomic E-state index is -2.72. The van der Waals surface area contributed by atoms with Gasteiger partial charge in [-0.2, -0.15) is 0 Å². The van der Waals surface area contributed by atoms with Gasteiger partial charge >= 0.3 is 0 Å². The number of hydrogen-bond donors (Lipinski definition) is 0. The van der Waals surface area contributed by atoms with Gasteiger partial charge in [-0.15, -0.1) is 0 Å². The number of alkyl halides is 2. The Kier molecular flexibility index (Phi) is 6.31. The third-order valence-corrected chi connectivity index (χ3v) is 5.06. The Morgan fingerprint density at radius 1 is 1.19 bits per heavy atom. The number of ether oxygens (including phenoxy) is 1. The van der Waals surface area contributed by atoms with Crippen molar-refractivity contribution in [2.24, 2.45) is 5.92 Å². The molecule has 144 valence electrons. The zero-order valence-corrected chi connectivity index (χ0v) is 14.6. The van der Waals surface area contributed by atoms with Crippen molar-refractivity contribution in [1.82, 2.24) is 19.4 Å². The molecule has 0 N–H and O–H groups in total. The highest BCUT2D eigenvalue weighted by molar-refractivity contribution is 5.77. The maximum absolute atomic E-state index is 12.6. The van der Waals surface area contributed by atoms with Crippen LogP contribution >= 0.6 is 0 Å². The molecule has 0 aliphatic carbocycles. The first-order chi connectivity index (χ1) is 12.5. The van der Waals surface area contributed by atoms with E-state index in [1.807, 2.05) is 4.90 Å². The minimum Gasteiger partial charge on any atom is -0.370 e. The topological polar surface area (TPSA) is 67.7 Å². The average Bonchev–Trinajstić information content (AvgIpc) is 2.64. The molecule has 0 bridgehead atoms. The van der Waals surface area contributed by atoms with Crippen LogP contribution in [-0.4, -0.2) is 71.2 Å². The summed E-state index contributed by atoms with van der Waals surface area (Å²) in [4.78, 5) is 31.5. The molecule has 0 radical (unpaired) electrons. The molecule has 0 unspecified atom stereocenters. The fourth-order valence-corrected chi connectivity index (χ4v) is 3.42. The van der Waals surface area contributed by atoms with Gasteiger partial charge in [-0.25, -0.2) is 13.8 Å². The summed E-state index contributed by atoms with van der Waals surface area (Å²) >= 11 is 0. The van der Waals surface area contributed by atoms with Gasteiger partial charge in [0, 0.05) is 32.2 Å². The van der Waals surface area contributed by atoms with Gasteiger partial charge in [-0.1, -0.05) is 0 Å². The number of rotatable bonds is 6. The molecule has 1 amide bonds. The first-order valence-corrected chi connectivity index (χ1v) is 8.95. The molecule has 0 aromatic carbocycles. The van der Waals surface area contributed by atoms with Crippen LogP contribution in [0.1, 0.15) is 25.0 Å². The molecule has 9 heteroatoms. The van der Waals surface area contributed by atoms with Crippen LogP contribution in [0.25, 0.3) is 0 Å². The summed E-state index contributed by atoms with van der Waals surface area (Å²) in [5, 5.41) is 0. The van der Waals surface area contributed by atoms with Crippen molar-refractivity contribution in [3.05, 3.63) is 28.4 Å². The highest BCUT2D eigenvalue weighted by atomic mass is 19.3. The van der Waals surface area contributed by atoms with Crippen LogP contribution in [0.5, 0.6) is 0 Å². The third kappa shape index (κ3) is 4.85. The van der Waals surface area contributed by atoms with Gasteiger partial charge in [0.2, 0.25) is 5.91 Å². The van der Waals surface area contributed by atoms with Crippen LogP contribution in [-0.2, 0) is 16.1 Å². The summed E-state index contributed by atoms with van der Waals surface area (Å²) < 4.78 is 31.7. The number of carbonyl (C=O) groups excluding carboxylic acids is 1. The fraction of sp³-hybridized carbons (Fsp3) is 0.706. The molecule has 2 fully saturated rings. The molecule has 0 atom stereocenters. The number of halogens is 2. The number of carbonyl (C=O) groups is 1. The lowest BCUT2D eigenvalue weighted by atomic mass is 9.96. The molecule has 2 saturated heterocycles. The van der Waals surface area contributed by atoms with E-state index in [0.717, 1.165) is 38.5 Å². The Morgan fingerprint density at radius 3 is 2.62 bits per heavy atom. The van der Waals surface area contributed by atoms with Crippen LogP contribution in [0.4, 0.5) is 8.78 Å². The minimum absolute atomic E-state index is 0.0465. The third-order valence-electron chi connectivity index (χ3n) is 5.06. The molecule has 2 aliphatic heterocycles. The van der Waals surface area contributed by atoms with E-state index in [-0.39, 0.29) is 12.5 Å². The smallest absolute Gasteiger partial charge is 0.280 e. The Morgan fingerprint density at radius 2 is 1.96 bits per heavy atom. The predicted molar refractivity (Wildman–Crippen MR) is 90.0 cm³/mol. The van der Waals surface area contributed by atoms with Crippen molar-refractivity contribution in [1.29, 1.82) is 0 Å². The molecule has 26 heavy (non-hydrogen) atoms. The summed E-state index contributed by atoms with van der Waals surface area (Å²) in [6.07, 6.45) is 0.361. The Balaban J connectivity index is 1.44. The summed E-state index contributed by atoms with van der Waals surface area (Å²) in [6.45, 7) is 5.29. The van der Waals surface area contributed by atoms with Gasteiger partial charge in [-0.3, -0.25) is 14.2 Å². The van der Waals surface area contributed by atoms with E-state index < -0.39 is 17.7 Å². The van der Waals surface area contributed by atoms with Crippen molar-refractivity contribution in [2.45, 2.75) is 25.8 Å². The lowest BCUT2D eigenvalue weighted by molar-refractivity contribution is -0.142. The number of piperidine rings is 1. The molecule has 3 rings (SSSR count). The second-order valence-corrected chi connectivity index (χ2v) is 6.82. The average molecular weight is 370 g/mol. The van der Waals surface area contributed by atoms with Crippen molar-refractivity contribution in [3.63, 3.8) is 0 Å². The van der Waals surface area contributed by atoms with E-state index in [0.29, 0.717) is 32.2 Å². The van der Waals surface area contributed by atoms with Crippen LogP contribution in [0, 0.1) is 5.92 Å². The summed E-state index contributed by atoms with van der Waals surface area (Å²) in [5.74, 6) is 0.374. The molecule has 2 aliphatic rings. The van der Waals surface area contributed by atoms with Gasteiger partial charge < -0.3 is 14.5 Å². The second kappa shape index (κ2) is 8.68. The Hall–Kier alpha value is -1.87. The van der Waals surface area contributed by atoms with E-state index >= 15 is 0 Å². The maximum atomic E-state index is 12.6. The van der Waals surface area contributed by atoms with Gasteiger partial charge in [0.15, 0.2) is 0 Å². The molecule has 7 nitrogen and oxygen atoms in total. The van der Waals surface area contributed by atoms with E-state index in [2.05, 4.69) is 9.88 Å². The highest BCUT2D eigenvalue weighted by Gasteiger charge is 2.23. The number of hydrogen-bond acceptors (Lipinski definition) is 5. The maximum Gasteiger partial charge on any atom is 0.280 e. The molecule has 1 aromatic heterocycles. The largest absolute Gasteiger partial charge is 0.370 e. The number of aromatic nitrogens is 2. The molecule has 0 saturated carbocycles. The molecule has 1 aromatic rings. The van der Waals surface area contributed by atoms with Crippen molar-refractivity contribution >= 4 is 5.91 Å². The first-order valence-electron chi connectivity index (χ1n) is 8.95. The standard InChI is InChI=1S/C17H24F2N4O3/c18-17(19)14-9-15(24)23(12-20-14)10-13-1-3-21(4-2-13)5-6-22-7-8-26-11-16(22)25/h9,12-13,17H,1-8,10-11H2. The lowest BCUT2D eigenvalue weighted by Crippen LogP contribution is -2.46. The monoisotopic (exact) mass is 370 g/mol. The fourth-order valence-electron chi connectivity index (χ4n) is 3.42. The van der Waals surface area contributed by atoms with Crippen molar-refractivity contribution in [2.75, 3.05) is 45.9 Å². The number of amides is 1. The van der Waals surface area contributed by atoms with Crippen LogP contribution in [0.2, 0.25) is 0 Å². The van der Waals surface area contributed by atoms with Crippen molar-refractivity contribution < 1.29 is 18.3 Å². The van der Waals surface area contributed by atoms with E-state index in [1.165, 1.54) is 10.9 Å². The SMILES string of the molecule is O=C1COCCN1CCN1CCC(Cn2cnc(C(F)F)cc2=O)CC1. The normalized spacial score (nSPS) is 20.1. The summed E-state index contributed by atoms with van der Waals surface area (Å²) in [7, 11) is 0. The Labute approximate surface area is 150 Å². The molecular formula is C17H24F2N4O3. The summed E-state index contributed by atoms with van der Waals surface area (Å²) in [6, 6.07) is 0.916. The number of nitrogens with zero attached hydrogens (tertiary/aromatic N) is 4. The van der Waals surface area contributed by atoms with Crippen molar-refractivity contribution in [3.8, 4) is 0 Å². The quantitative estimate of drug-likeness (QED) is 0.739. The zero-order chi connectivity index (χ0) is 18.5. The van der Waals surface area contributed by atoms with E-state index in [1.54, 1.807) is 0 Å². The van der Waals surface area contributed by atoms with Gasteiger partial charge in [0.25, 0.3) is 12.0 Å². The van der Waals surface area contributed by atoms with E-state index in [4.69, 9.17) is 4.74 Å². The van der Waals surface area contributed by atoms with Gasteiger partial charge in [0.1, 0.15) is 12.3 Å². The van der Waals surface area contributed by atoms with Gasteiger partial charge in [-0.05, 0) is 31.8 Å². The van der Waals surface area contributed by atoms with Crippen LogP contribution in [0.15, 0.2) is 17.2 Å². The summed E-state index contributed by atoms with van der Waals surface area (Å²) in [5.41, 5.74) is -0.901. The lowest BCUT2D eigenvalue weighted by Gasteiger charge is -2.34. The van der Waals surface area contributed by atoms with E-state index in [9.17, 15) is 18.4 Å².